The van der Waals surface area contributed by atoms with Gasteiger partial charge in [-0.05, 0) is 54.7 Å². The molecule has 2 rings (SSSR count). The van der Waals surface area contributed by atoms with E-state index in [-0.39, 0.29) is 60.5 Å². The fraction of sp³-hybridized carbons (Fsp3) is 0.763. The number of carbonyl (C=O) groups is 4. The third kappa shape index (κ3) is 12.8. The first-order valence-electron chi connectivity index (χ1n) is 18.9. The topological polar surface area (TPSA) is 177 Å². The zero-order valence-electron chi connectivity index (χ0n) is 33.2. The van der Waals surface area contributed by atoms with Crippen LogP contribution >= 0.6 is 0 Å². The molecule has 1 aromatic rings. The fourth-order valence-electron chi connectivity index (χ4n) is 7.23. The molecule has 0 aliphatic carbocycles. The van der Waals surface area contributed by atoms with Gasteiger partial charge in [-0.25, -0.2) is 5.90 Å². The average molecular weight is 734 g/mol. The van der Waals surface area contributed by atoms with Crippen LogP contribution in [0.3, 0.4) is 0 Å². The van der Waals surface area contributed by atoms with Gasteiger partial charge in [-0.1, -0.05) is 54.9 Å². The summed E-state index contributed by atoms with van der Waals surface area (Å²) < 4.78 is 11.9. The van der Waals surface area contributed by atoms with Crippen LogP contribution in [0.15, 0.2) is 24.5 Å². The Balaban J connectivity index is 2.20. The smallest absolute Gasteiger partial charge is 0.245 e. The second kappa shape index (κ2) is 22.8. The summed E-state index contributed by atoms with van der Waals surface area (Å²) in [5.41, 5.74) is 1.08. The summed E-state index contributed by atoms with van der Waals surface area (Å²) in [5, 5.41) is 9.18. The Bertz CT molecular complexity index is 1240. The lowest BCUT2D eigenvalue weighted by molar-refractivity contribution is -0.147. The predicted octanol–water partition coefficient (Wildman–Crippen LogP) is 2.31. The number of nitrogens with zero attached hydrogens (tertiary/aromatic N) is 3. The summed E-state index contributed by atoms with van der Waals surface area (Å²) >= 11 is 0. The highest BCUT2D eigenvalue weighted by molar-refractivity contribution is 5.90. The van der Waals surface area contributed by atoms with Gasteiger partial charge in [0.05, 0.1) is 49.3 Å². The fourth-order valence-corrected chi connectivity index (χ4v) is 7.23. The highest BCUT2D eigenvalue weighted by Gasteiger charge is 2.43. The summed E-state index contributed by atoms with van der Waals surface area (Å²) in [6, 6.07) is 1.77. The normalized spacial score (nSPS) is 18.7. The lowest BCUT2D eigenvalue weighted by Gasteiger charge is -2.41. The number of nitrogens with two attached hydrogens (primary N) is 1. The van der Waals surface area contributed by atoms with Crippen molar-refractivity contribution in [3.8, 4) is 0 Å². The van der Waals surface area contributed by atoms with E-state index in [0.717, 1.165) is 18.4 Å². The number of carbonyl (C=O) groups excluding carboxylic acids is 4. The SMILES string of the molecule is CC[C@H](C)[C@@H]([C@@H](CC(=O)N1CCC[C@H]1[C@H](OC)[C@@H](C)C(=O)NCCc1ccncc1)OC)N(C)C(=O)[C@@H](NC(=O)C(NCCON)C(C)C)C(C)C. The number of nitrogens with one attached hydrogen (secondary N) is 3. The van der Waals surface area contributed by atoms with Gasteiger partial charge in [0.2, 0.25) is 23.6 Å². The second-order valence-corrected chi connectivity index (χ2v) is 14.8. The number of likely N-dealkylation sites (N-methyl/N-ethyl adjacent to an activating group) is 1. The molecule has 296 valence electrons. The molecular weight excluding hydrogens is 666 g/mol. The van der Waals surface area contributed by atoms with Crippen molar-refractivity contribution in [2.24, 2.45) is 29.6 Å². The van der Waals surface area contributed by atoms with E-state index in [9.17, 15) is 19.2 Å². The standard InChI is InChI=1S/C38H67N7O7/c1-11-26(6)34(44(8)38(49)33(25(4)5)43-37(48)32(24(2)3)41-20-22-52-39)30(50-9)23-31(46)45-21-12-13-29(45)35(51-10)27(7)36(47)42-19-16-28-14-17-40-18-15-28/h14-15,17-18,24-27,29-30,32-35,41H,11-13,16,19-23,39H2,1-10H3,(H,42,47)(H,43,48)/t26-,27+,29-,30+,32?,33-,34-,35+/m0/s1. The maximum absolute atomic E-state index is 14.2. The molecule has 1 aliphatic heterocycles. The van der Waals surface area contributed by atoms with Gasteiger partial charge in [0.1, 0.15) is 6.04 Å². The number of hydrogen-bond donors (Lipinski definition) is 4. The van der Waals surface area contributed by atoms with E-state index in [1.807, 2.05) is 65.5 Å². The van der Waals surface area contributed by atoms with Crippen LogP contribution in [-0.4, -0.2) is 122 Å². The molecule has 0 radical (unpaired) electrons. The van der Waals surface area contributed by atoms with Gasteiger partial charge in [-0.2, -0.15) is 0 Å². The van der Waals surface area contributed by atoms with Gasteiger partial charge in [0.25, 0.3) is 0 Å². The molecule has 0 bridgehead atoms. The van der Waals surface area contributed by atoms with E-state index in [1.54, 1.807) is 38.6 Å². The number of aromatic nitrogens is 1. The summed E-state index contributed by atoms with van der Waals surface area (Å²) in [7, 11) is 4.87. The zero-order valence-corrected chi connectivity index (χ0v) is 33.2. The molecule has 2 heterocycles. The molecule has 1 saturated heterocycles. The third-order valence-electron chi connectivity index (χ3n) is 10.5. The number of amides is 4. The van der Waals surface area contributed by atoms with E-state index >= 15 is 0 Å². The summed E-state index contributed by atoms with van der Waals surface area (Å²) in [6.45, 7) is 15.2. The van der Waals surface area contributed by atoms with Crippen molar-refractivity contribution in [1.82, 2.24) is 30.7 Å². The molecule has 0 spiro atoms. The van der Waals surface area contributed by atoms with E-state index in [1.165, 1.54) is 0 Å². The number of rotatable bonds is 23. The monoisotopic (exact) mass is 734 g/mol. The number of pyridine rings is 1. The first-order chi connectivity index (χ1) is 24.7. The lowest BCUT2D eigenvalue weighted by Crippen LogP contribution is -2.60. The van der Waals surface area contributed by atoms with Crippen LogP contribution in [0.25, 0.3) is 0 Å². The second-order valence-electron chi connectivity index (χ2n) is 14.8. The van der Waals surface area contributed by atoms with Gasteiger partial charge >= 0.3 is 0 Å². The molecule has 1 aromatic heterocycles. The minimum Gasteiger partial charge on any atom is -0.379 e. The molecule has 52 heavy (non-hydrogen) atoms. The number of hydrogen-bond acceptors (Lipinski definition) is 10. The van der Waals surface area contributed by atoms with E-state index in [4.69, 9.17) is 15.4 Å². The molecule has 0 saturated carbocycles. The van der Waals surface area contributed by atoms with E-state index in [0.29, 0.717) is 32.5 Å². The van der Waals surface area contributed by atoms with Crippen molar-refractivity contribution in [3.05, 3.63) is 30.1 Å². The molecule has 1 unspecified atom stereocenters. The van der Waals surface area contributed by atoms with Crippen LogP contribution in [0.5, 0.6) is 0 Å². The van der Waals surface area contributed by atoms with Crippen LogP contribution < -0.4 is 21.8 Å². The van der Waals surface area contributed by atoms with Crippen molar-refractivity contribution in [2.45, 2.75) is 117 Å². The molecular formula is C38H67N7O7. The summed E-state index contributed by atoms with van der Waals surface area (Å²) in [5.74, 6) is 3.63. The van der Waals surface area contributed by atoms with Gasteiger partial charge in [-0.3, -0.25) is 24.2 Å². The zero-order chi connectivity index (χ0) is 39.0. The van der Waals surface area contributed by atoms with Gasteiger partial charge in [0, 0.05) is 53.3 Å². The molecule has 5 N–H and O–H groups in total. The lowest BCUT2D eigenvalue weighted by atomic mass is 9.89. The predicted molar refractivity (Wildman–Crippen MR) is 201 cm³/mol. The first-order valence-corrected chi connectivity index (χ1v) is 18.9. The van der Waals surface area contributed by atoms with Gasteiger partial charge in [0.15, 0.2) is 0 Å². The Labute approximate surface area is 311 Å². The van der Waals surface area contributed by atoms with Crippen molar-refractivity contribution in [1.29, 1.82) is 0 Å². The quantitative estimate of drug-likeness (QED) is 0.0965. The molecule has 8 atom stereocenters. The molecule has 1 fully saturated rings. The molecule has 0 aromatic carbocycles. The largest absolute Gasteiger partial charge is 0.379 e. The molecule has 1 aliphatic rings. The Kier molecular flexibility index (Phi) is 19.7. The van der Waals surface area contributed by atoms with Crippen molar-refractivity contribution in [3.63, 3.8) is 0 Å². The highest BCUT2D eigenvalue weighted by atomic mass is 16.6. The van der Waals surface area contributed by atoms with Crippen LogP contribution in [0, 0.1) is 23.7 Å². The minimum absolute atomic E-state index is 0.0199. The van der Waals surface area contributed by atoms with Gasteiger partial charge < -0.3 is 40.1 Å². The van der Waals surface area contributed by atoms with Crippen LogP contribution in [0.4, 0.5) is 0 Å². The van der Waals surface area contributed by atoms with Crippen molar-refractivity contribution >= 4 is 23.6 Å². The molecule has 14 nitrogen and oxygen atoms in total. The van der Waals surface area contributed by atoms with Crippen LogP contribution in [0.1, 0.15) is 79.7 Å². The van der Waals surface area contributed by atoms with E-state index < -0.39 is 36.3 Å². The number of likely N-dealkylation sites (tertiary alicyclic amines) is 1. The highest BCUT2D eigenvalue weighted by Crippen LogP contribution is 2.29. The third-order valence-corrected chi connectivity index (χ3v) is 10.5. The minimum atomic E-state index is -0.797. The van der Waals surface area contributed by atoms with Crippen molar-refractivity contribution < 1.29 is 33.5 Å². The Hall–Kier alpha value is -3.17. The van der Waals surface area contributed by atoms with Crippen LogP contribution in [0.2, 0.25) is 0 Å². The van der Waals surface area contributed by atoms with Crippen LogP contribution in [-0.2, 0) is 39.9 Å². The molecule has 14 heteroatoms. The maximum Gasteiger partial charge on any atom is 0.245 e. The average Bonchev–Trinajstić information content (AvgIpc) is 3.61. The summed E-state index contributed by atoms with van der Waals surface area (Å²) in [4.78, 5) is 67.2. The number of methoxy groups -OCH3 is 2. The Morgan fingerprint density at radius 2 is 1.63 bits per heavy atom. The van der Waals surface area contributed by atoms with Crippen molar-refractivity contribution in [2.75, 3.05) is 47.5 Å². The summed E-state index contributed by atoms with van der Waals surface area (Å²) in [6.07, 6.45) is 5.33. The van der Waals surface area contributed by atoms with Gasteiger partial charge in [-0.15, -0.1) is 0 Å². The Morgan fingerprint density at radius 3 is 2.19 bits per heavy atom. The first kappa shape index (κ1) is 45.0. The van der Waals surface area contributed by atoms with E-state index in [2.05, 4.69) is 25.8 Å². The molecule has 4 amide bonds. The Morgan fingerprint density at radius 1 is 0.981 bits per heavy atom. The maximum atomic E-state index is 14.2. The number of ether oxygens (including phenoxy) is 2.